The van der Waals surface area contributed by atoms with Crippen molar-refractivity contribution in [3.63, 3.8) is 0 Å². The minimum atomic E-state index is -0.953. The number of hydrogen-bond acceptors (Lipinski definition) is 2. The van der Waals surface area contributed by atoms with E-state index in [1.807, 2.05) is 0 Å². The summed E-state index contributed by atoms with van der Waals surface area (Å²) in [6, 6.07) is 3.74. The van der Waals surface area contributed by atoms with Crippen molar-refractivity contribution >= 4 is 5.91 Å². The molecular formula is C14H18F2N2O. The second-order valence-corrected chi connectivity index (χ2v) is 5.01. The molecule has 0 saturated heterocycles. The highest BCUT2D eigenvalue weighted by Gasteiger charge is 2.23. The molecule has 0 heterocycles. The number of rotatable bonds is 3. The quantitative estimate of drug-likeness (QED) is 0.879. The van der Waals surface area contributed by atoms with E-state index in [4.69, 9.17) is 5.73 Å². The molecule has 0 unspecified atom stereocenters. The lowest BCUT2D eigenvalue weighted by Crippen LogP contribution is -2.49. The van der Waals surface area contributed by atoms with Crippen LogP contribution in [0.4, 0.5) is 8.78 Å². The molecule has 1 amide bonds. The maximum absolute atomic E-state index is 13.4. The summed E-state index contributed by atoms with van der Waals surface area (Å²) >= 11 is 0. The van der Waals surface area contributed by atoms with Crippen LogP contribution < -0.4 is 11.1 Å². The van der Waals surface area contributed by atoms with Crippen LogP contribution in [0.2, 0.25) is 0 Å². The van der Waals surface area contributed by atoms with Gasteiger partial charge in [0, 0.05) is 17.6 Å². The monoisotopic (exact) mass is 268 g/mol. The third-order valence-corrected chi connectivity index (χ3v) is 3.55. The fourth-order valence-corrected chi connectivity index (χ4v) is 2.45. The Balaban J connectivity index is 1.95. The van der Waals surface area contributed by atoms with E-state index in [2.05, 4.69) is 5.32 Å². The van der Waals surface area contributed by atoms with Crippen molar-refractivity contribution in [2.75, 3.05) is 0 Å². The molecule has 3 nitrogen and oxygen atoms in total. The molecule has 1 aliphatic rings. The van der Waals surface area contributed by atoms with Gasteiger partial charge < -0.3 is 11.1 Å². The van der Waals surface area contributed by atoms with Crippen molar-refractivity contribution in [3.8, 4) is 0 Å². The van der Waals surface area contributed by atoms with Crippen molar-refractivity contribution in [3.05, 3.63) is 35.4 Å². The molecule has 1 saturated carbocycles. The lowest BCUT2D eigenvalue weighted by molar-refractivity contribution is -0.121. The number of nitrogens with two attached hydrogens (primary N) is 1. The highest BCUT2D eigenvalue weighted by atomic mass is 19.2. The van der Waals surface area contributed by atoms with Crippen LogP contribution in [0.5, 0.6) is 0 Å². The smallest absolute Gasteiger partial charge is 0.224 e. The number of carbonyl (C=O) groups is 1. The summed E-state index contributed by atoms with van der Waals surface area (Å²) in [6.07, 6.45) is 3.68. The molecular weight excluding hydrogens is 250 g/mol. The average molecular weight is 268 g/mol. The molecule has 0 aliphatic heterocycles. The largest absolute Gasteiger partial charge is 0.352 e. The van der Waals surface area contributed by atoms with Crippen molar-refractivity contribution in [2.45, 2.75) is 44.2 Å². The summed E-state index contributed by atoms with van der Waals surface area (Å²) in [5.74, 6) is -2.20. The first-order valence-electron chi connectivity index (χ1n) is 6.56. The van der Waals surface area contributed by atoms with Crippen LogP contribution in [0.3, 0.4) is 0 Å². The van der Waals surface area contributed by atoms with Gasteiger partial charge in [-0.05, 0) is 18.9 Å². The number of halogens is 2. The van der Waals surface area contributed by atoms with Crippen LogP contribution in [0.15, 0.2) is 18.2 Å². The molecule has 1 aliphatic carbocycles. The molecule has 104 valence electrons. The third kappa shape index (κ3) is 3.50. The molecule has 3 N–H and O–H groups in total. The number of hydrogen-bond donors (Lipinski definition) is 2. The van der Waals surface area contributed by atoms with Crippen molar-refractivity contribution in [1.82, 2.24) is 5.32 Å². The first-order valence-corrected chi connectivity index (χ1v) is 6.56. The molecule has 0 radical (unpaired) electrons. The standard InChI is InChI=1S/C14H18F2N2O/c15-10-5-3-4-9(14(10)16)8-13(19)18-12-7-2-1-6-11(12)17/h3-5,11-12H,1-2,6-8,17H2,(H,18,19)/t11-,12-/m1/s1. The van der Waals surface area contributed by atoms with Crippen LogP contribution in [0, 0.1) is 11.6 Å². The molecule has 2 atom stereocenters. The summed E-state index contributed by atoms with van der Waals surface area (Å²) in [6.45, 7) is 0. The van der Waals surface area contributed by atoms with Gasteiger partial charge >= 0.3 is 0 Å². The van der Waals surface area contributed by atoms with E-state index in [1.54, 1.807) is 0 Å². The lowest BCUT2D eigenvalue weighted by Gasteiger charge is -2.29. The highest BCUT2D eigenvalue weighted by Crippen LogP contribution is 2.17. The second-order valence-electron chi connectivity index (χ2n) is 5.01. The Labute approximate surface area is 111 Å². The Kier molecular flexibility index (Phi) is 4.47. The Morgan fingerprint density at radius 2 is 2.05 bits per heavy atom. The Hall–Kier alpha value is -1.49. The predicted octanol–water partition coefficient (Wildman–Crippen LogP) is 1.89. The zero-order valence-corrected chi connectivity index (χ0v) is 10.7. The van der Waals surface area contributed by atoms with Crippen molar-refractivity contribution < 1.29 is 13.6 Å². The van der Waals surface area contributed by atoms with Gasteiger partial charge in [0.05, 0.1) is 6.42 Å². The van der Waals surface area contributed by atoms with E-state index >= 15 is 0 Å². The maximum atomic E-state index is 13.4. The molecule has 1 aromatic carbocycles. The topological polar surface area (TPSA) is 55.1 Å². The average Bonchev–Trinajstić information content (AvgIpc) is 2.38. The molecule has 2 rings (SSSR count). The van der Waals surface area contributed by atoms with Crippen LogP contribution in [0.1, 0.15) is 31.2 Å². The number of carbonyl (C=O) groups excluding carboxylic acids is 1. The van der Waals surface area contributed by atoms with Crippen LogP contribution >= 0.6 is 0 Å². The molecule has 0 spiro atoms. The zero-order valence-electron chi connectivity index (χ0n) is 10.7. The molecule has 1 fully saturated rings. The first-order chi connectivity index (χ1) is 9.08. The van der Waals surface area contributed by atoms with E-state index < -0.39 is 11.6 Å². The number of nitrogens with one attached hydrogen (secondary N) is 1. The molecule has 5 heteroatoms. The van der Waals surface area contributed by atoms with E-state index in [1.165, 1.54) is 12.1 Å². The predicted molar refractivity (Wildman–Crippen MR) is 68.4 cm³/mol. The van der Waals surface area contributed by atoms with Gasteiger partial charge in [-0.3, -0.25) is 4.79 Å². The van der Waals surface area contributed by atoms with Crippen LogP contribution in [-0.2, 0) is 11.2 Å². The summed E-state index contributed by atoms with van der Waals surface area (Å²) in [5, 5.41) is 2.81. The maximum Gasteiger partial charge on any atom is 0.224 e. The van der Waals surface area contributed by atoms with Crippen molar-refractivity contribution in [1.29, 1.82) is 0 Å². The summed E-state index contributed by atoms with van der Waals surface area (Å²) in [4.78, 5) is 11.8. The van der Waals surface area contributed by atoms with Gasteiger partial charge in [-0.25, -0.2) is 8.78 Å². The summed E-state index contributed by atoms with van der Waals surface area (Å²) in [5.41, 5.74) is 6.00. The van der Waals surface area contributed by atoms with Gasteiger partial charge in [0.15, 0.2) is 11.6 Å². The number of amides is 1. The van der Waals surface area contributed by atoms with Crippen LogP contribution in [-0.4, -0.2) is 18.0 Å². The van der Waals surface area contributed by atoms with E-state index in [0.29, 0.717) is 0 Å². The van der Waals surface area contributed by atoms with Gasteiger partial charge in [0.25, 0.3) is 0 Å². The van der Waals surface area contributed by atoms with Gasteiger partial charge in [-0.15, -0.1) is 0 Å². The molecule has 19 heavy (non-hydrogen) atoms. The molecule has 1 aromatic rings. The highest BCUT2D eigenvalue weighted by molar-refractivity contribution is 5.79. The van der Waals surface area contributed by atoms with Gasteiger partial charge in [0.1, 0.15) is 0 Å². The lowest BCUT2D eigenvalue weighted by atomic mass is 9.91. The second kappa shape index (κ2) is 6.10. The SMILES string of the molecule is N[C@@H]1CCCC[C@H]1NC(=O)Cc1cccc(F)c1F. The Bertz CT molecular complexity index is 465. The normalized spacial score (nSPS) is 23.1. The van der Waals surface area contributed by atoms with Gasteiger partial charge in [0.2, 0.25) is 5.91 Å². The number of benzene rings is 1. The third-order valence-electron chi connectivity index (χ3n) is 3.55. The summed E-state index contributed by atoms with van der Waals surface area (Å²) in [7, 11) is 0. The zero-order chi connectivity index (χ0) is 13.8. The van der Waals surface area contributed by atoms with E-state index in [9.17, 15) is 13.6 Å². The van der Waals surface area contributed by atoms with Crippen molar-refractivity contribution in [2.24, 2.45) is 5.73 Å². The Morgan fingerprint density at radius 1 is 1.32 bits per heavy atom. The molecule has 0 bridgehead atoms. The minimum absolute atomic E-state index is 0.0462. The fraction of sp³-hybridized carbons (Fsp3) is 0.500. The van der Waals surface area contributed by atoms with E-state index in [0.717, 1.165) is 31.7 Å². The Morgan fingerprint density at radius 3 is 2.79 bits per heavy atom. The minimum Gasteiger partial charge on any atom is -0.352 e. The van der Waals surface area contributed by atoms with Gasteiger partial charge in [-0.2, -0.15) is 0 Å². The first kappa shape index (κ1) is 13.9. The van der Waals surface area contributed by atoms with Crippen LogP contribution in [0.25, 0.3) is 0 Å². The fourth-order valence-electron chi connectivity index (χ4n) is 2.45. The van der Waals surface area contributed by atoms with E-state index in [-0.39, 0.29) is 30.0 Å². The summed E-state index contributed by atoms with van der Waals surface area (Å²) < 4.78 is 26.5. The molecule has 0 aromatic heterocycles. The van der Waals surface area contributed by atoms with Gasteiger partial charge in [-0.1, -0.05) is 25.0 Å².